The number of amides is 1. The summed E-state index contributed by atoms with van der Waals surface area (Å²) in [7, 11) is 0. The number of carbonyl (C=O) groups excluding carboxylic acids is 1. The van der Waals surface area contributed by atoms with Gasteiger partial charge in [0.05, 0.1) is 0 Å². The summed E-state index contributed by atoms with van der Waals surface area (Å²) in [6.07, 6.45) is 0.840. The standard InChI is InChI=1S/C12H14BrCl2NO/c1-12(2,3-4-13)16-11(17)8-5-9(14)7-10(15)6-8/h5-7H,3-4H2,1-2H3,(H,16,17). The van der Waals surface area contributed by atoms with Crippen LogP contribution in [0.1, 0.15) is 30.6 Å². The lowest BCUT2D eigenvalue weighted by Gasteiger charge is -2.25. The third-order valence-electron chi connectivity index (χ3n) is 2.30. The second kappa shape index (κ2) is 6.07. The Labute approximate surface area is 120 Å². The minimum Gasteiger partial charge on any atom is -0.347 e. The van der Waals surface area contributed by atoms with Crippen molar-refractivity contribution < 1.29 is 4.79 Å². The van der Waals surface area contributed by atoms with Gasteiger partial charge in [-0.15, -0.1) is 0 Å². The van der Waals surface area contributed by atoms with Gasteiger partial charge in [-0.05, 0) is 38.5 Å². The molecular formula is C12H14BrCl2NO. The zero-order valence-corrected chi connectivity index (χ0v) is 12.8. The van der Waals surface area contributed by atoms with Crippen molar-refractivity contribution in [3.8, 4) is 0 Å². The van der Waals surface area contributed by atoms with E-state index in [4.69, 9.17) is 23.2 Å². The molecule has 0 saturated heterocycles. The van der Waals surface area contributed by atoms with Crippen molar-refractivity contribution in [1.82, 2.24) is 5.32 Å². The maximum absolute atomic E-state index is 12.0. The van der Waals surface area contributed by atoms with Crippen molar-refractivity contribution in [1.29, 1.82) is 0 Å². The van der Waals surface area contributed by atoms with Crippen LogP contribution in [0.5, 0.6) is 0 Å². The van der Waals surface area contributed by atoms with Gasteiger partial charge >= 0.3 is 0 Å². The van der Waals surface area contributed by atoms with Crippen LogP contribution >= 0.6 is 39.1 Å². The molecule has 1 aromatic carbocycles. The summed E-state index contributed by atoms with van der Waals surface area (Å²) in [4.78, 5) is 12.0. The first-order chi connectivity index (χ1) is 7.84. The quantitative estimate of drug-likeness (QED) is 0.815. The average Bonchev–Trinajstić information content (AvgIpc) is 2.14. The third-order valence-corrected chi connectivity index (χ3v) is 3.13. The Morgan fingerprint density at radius 1 is 1.29 bits per heavy atom. The van der Waals surface area contributed by atoms with Gasteiger partial charge in [-0.2, -0.15) is 0 Å². The van der Waals surface area contributed by atoms with E-state index in [1.165, 1.54) is 0 Å². The fraction of sp³-hybridized carbons (Fsp3) is 0.417. The topological polar surface area (TPSA) is 29.1 Å². The third kappa shape index (κ3) is 4.86. The minimum absolute atomic E-state index is 0.166. The van der Waals surface area contributed by atoms with Gasteiger partial charge in [-0.1, -0.05) is 39.1 Å². The number of hydrogen-bond donors (Lipinski definition) is 1. The molecule has 0 bridgehead atoms. The molecule has 1 aromatic rings. The van der Waals surface area contributed by atoms with Crippen LogP contribution in [0.3, 0.4) is 0 Å². The summed E-state index contributed by atoms with van der Waals surface area (Å²) in [6.45, 7) is 3.94. The van der Waals surface area contributed by atoms with Gasteiger partial charge in [-0.3, -0.25) is 4.79 Å². The normalized spacial score (nSPS) is 11.4. The van der Waals surface area contributed by atoms with E-state index in [-0.39, 0.29) is 11.4 Å². The Morgan fingerprint density at radius 3 is 2.29 bits per heavy atom. The summed E-state index contributed by atoms with van der Waals surface area (Å²) in [5.41, 5.74) is 0.209. The van der Waals surface area contributed by atoms with Crippen LogP contribution in [0.15, 0.2) is 18.2 Å². The summed E-state index contributed by atoms with van der Waals surface area (Å²) in [5, 5.41) is 4.69. The maximum atomic E-state index is 12.0. The average molecular weight is 339 g/mol. The first-order valence-corrected chi connectivity index (χ1v) is 7.06. The first-order valence-electron chi connectivity index (χ1n) is 5.18. The lowest BCUT2D eigenvalue weighted by Crippen LogP contribution is -2.43. The fourth-order valence-corrected chi connectivity index (χ4v) is 2.88. The fourth-order valence-electron chi connectivity index (χ4n) is 1.36. The highest BCUT2D eigenvalue weighted by Gasteiger charge is 2.20. The number of alkyl halides is 1. The molecule has 0 fully saturated rings. The molecule has 0 aliphatic rings. The van der Waals surface area contributed by atoms with E-state index in [1.54, 1.807) is 18.2 Å². The van der Waals surface area contributed by atoms with Crippen LogP contribution in [-0.2, 0) is 0 Å². The Balaban J connectivity index is 2.83. The van der Waals surface area contributed by atoms with Gasteiger partial charge in [0, 0.05) is 26.5 Å². The van der Waals surface area contributed by atoms with E-state index in [0.29, 0.717) is 15.6 Å². The van der Waals surface area contributed by atoms with Crippen molar-refractivity contribution in [2.24, 2.45) is 0 Å². The van der Waals surface area contributed by atoms with E-state index in [2.05, 4.69) is 21.2 Å². The van der Waals surface area contributed by atoms with E-state index in [0.717, 1.165) is 11.8 Å². The van der Waals surface area contributed by atoms with Gasteiger partial charge < -0.3 is 5.32 Å². The lowest BCUT2D eigenvalue weighted by atomic mass is 10.0. The zero-order chi connectivity index (χ0) is 13.1. The Bertz CT molecular complexity index is 401. The Kier molecular flexibility index (Phi) is 5.29. The summed E-state index contributed by atoms with van der Waals surface area (Å²) in [5.74, 6) is -0.166. The molecule has 0 heterocycles. The number of benzene rings is 1. The van der Waals surface area contributed by atoms with E-state index < -0.39 is 0 Å². The summed E-state index contributed by atoms with van der Waals surface area (Å²) < 4.78 is 0. The molecule has 94 valence electrons. The van der Waals surface area contributed by atoms with Crippen LogP contribution < -0.4 is 5.32 Å². The highest BCUT2D eigenvalue weighted by atomic mass is 79.9. The molecule has 0 aliphatic carbocycles. The lowest BCUT2D eigenvalue weighted by molar-refractivity contribution is 0.0912. The Morgan fingerprint density at radius 2 is 1.82 bits per heavy atom. The van der Waals surface area contributed by atoms with Crippen LogP contribution in [0.4, 0.5) is 0 Å². The zero-order valence-electron chi connectivity index (χ0n) is 9.69. The first kappa shape index (κ1) is 14.8. The van der Waals surface area contributed by atoms with Gasteiger partial charge in [-0.25, -0.2) is 0 Å². The van der Waals surface area contributed by atoms with Crippen molar-refractivity contribution in [3.63, 3.8) is 0 Å². The molecule has 0 atom stereocenters. The van der Waals surface area contributed by atoms with Crippen LogP contribution in [-0.4, -0.2) is 16.8 Å². The number of nitrogens with one attached hydrogen (secondary N) is 1. The summed E-state index contributed by atoms with van der Waals surface area (Å²) in [6, 6.07) is 4.81. The van der Waals surface area contributed by atoms with Crippen LogP contribution in [0, 0.1) is 0 Å². The second-order valence-electron chi connectivity index (χ2n) is 4.44. The predicted octanol–water partition coefficient (Wildman–Crippen LogP) is 4.29. The summed E-state index contributed by atoms with van der Waals surface area (Å²) >= 11 is 15.1. The van der Waals surface area contributed by atoms with Gasteiger partial charge in [0.1, 0.15) is 0 Å². The molecular weight excluding hydrogens is 325 g/mol. The molecule has 5 heteroatoms. The molecule has 0 saturated carbocycles. The molecule has 0 aliphatic heterocycles. The molecule has 0 aromatic heterocycles. The van der Waals surface area contributed by atoms with Gasteiger partial charge in [0.15, 0.2) is 0 Å². The van der Waals surface area contributed by atoms with Gasteiger partial charge in [0.2, 0.25) is 0 Å². The molecule has 2 nitrogen and oxygen atoms in total. The molecule has 17 heavy (non-hydrogen) atoms. The number of halogens is 3. The monoisotopic (exact) mass is 337 g/mol. The van der Waals surface area contributed by atoms with E-state index >= 15 is 0 Å². The largest absolute Gasteiger partial charge is 0.347 e. The van der Waals surface area contributed by atoms with Crippen molar-refractivity contribution in [2.45, 2.75) is 25.8 Å². The van der Waals surface area contributed by atoms with Crippen molar-refractivity contribution in [3.05, 3.63) is 33.8 Å². The second-order valence-corrected chi connectivity index (χ2v) is 6.10. The maximum Gasteiger partial charge on any atom is 0.251 e. The van der Waals surface area contributed by atoms with Crippen LogP contribution in [0.2, 0.25) is 10.0 Å². The predicted molar refractivity (Wildman–Crippen MR) is 76.4 cm³/mol. The van der Waals surface area contributed by atoms with E-state index in [9.17, 15) is 4.79 Å². The molecule has 1 amide bonds. The Hall–Kier alpha value is -0.250. The molecule has 0 unspecified atom stereocenters. The molecule has 0 spiro atoms. The smallest absolute Gasteiger partial charge is 0.251 e. The SMILES string of the molecule is CC(C)(CCBr)NC(=O)c1cc(Cl)cc(Cl)c1. The molecule has 0 radical (unpaired) electrons. The minimum atomic E-state index is -0.268. The van der Waals surface area contributed by atoms with Gasteiger partial charge in [0.25, 0.3) is 5.91 Å². The highest BCUT2D eigenvalue weighted by molar-refractivity contribution is 9.09. The van der Waals surface area contributed by atoms with Crippen molar-refractivity contribution >= 4 is 45.0 Å². The van der Waals surface area contributed by atoms with Crippen molar-refractivity contribution in [2.75, 3.05) is 5.33 Å². The number of rotatable bonds is 4. The molecule has 1 rings (SSSR count). The van der Waals surface area contributed by atoms with Crippen LogP contribution in [0.25, 0.3) is 0 Å². The van der Waals surface area contributed by atoms with E-state index in [1.807, 2.05) is 13.8 Å². The highest BCUT2D eigenvalue weighted by Crippen LogP contribution is 2.20. The number of hydrogen-bond acceptors (Lipinski definition) is 1. The molecule has 1 N–H and O–H groups in total. The number of carbonyl (C=O) groups is 1.